The zero-order chi connectivity index (χ0) is 9.73. The zero-order valence-electron chi connectivity index (χ0n) is 8.71. The monoisotopic (exact) mass is 187 g/mol. The first-order valence-electron chi connectivity index (χ1n) is 5.02. The van der Waals surface area contributed by atoms with Gasteiger partial charge in [0.15, 0.2) is 0 Å². The van der Waals surface area contributed by atoms with Gasteiger partial charge in [-0.15, -0.1) is 0 Å². The molecule has 0 spiro atoms. The highest BCUT2D eigenvalue weighted by atomic mass is 16.5. The molecular weight excluding hydrogens is 166 g/mol. The molecule has 1 heterocycles. The van der Waals surface area contributed by atoms with Gasteiger partial charge in [-0.3, -0.25) is 0 Å². The molecule has 0 radical (unpaired) electrons. The molecule has 3 heteroatoms. The molecule has 0 aromatic heterocycles. The van der Waals surface area contributed by atoms with E-state index in [1.54, 1.807) is 7.11 Å². The van der Waals surface area contributed by atoms with Crippen LogP contribution in [0.2, 0.25) is 0 Å². The van der Waals surface area contributed by atoms with Crippen molar-refractivity contribution < 1.29 is 9.47 Å². The molecule has 0 aromatic carbocycles. The molecule has 1 saturated heterocycles. The summed E-state index contributed by atoms with van der Waals surface area (Å²) in [4.78, 5) is 0. The molecule has 0 saturated carbocycles. The van der Waals surface area contributed by atoms with Crippen molar-refractivity contribution in [3.8, 4) is 0 Å². The average molecular weight is 187 g/mol. The van der Waals surface area contributed by atoms with Crippen LogP contribution in [0, 0.1) is 11.3 Å². The number of nitrogens with two attached hydrogens (primary N) is 1. The van der Waals surface area contributed by atoms with E-state index in [2.05, 4.69) is 6.92 Å². The molecule has 1 fully saturated rings. The lowest BCUT2D eigenvalue weighted by Gasteiger charge is -2.32. The SMILES string of the molecule is COCCC(C)C1(CN)CCOC1. The van der Waals surface area contributed by atoms with Gasteiger partial charge in [-0.05, 0) is 18.8 Å². The standard InChI is InChI=1S/C10H21NO2/c1-9(3-5-12-2)10(7-11)4-6-13-8-10/h9H,3-8,11H2,1-2H3. The predicted octanol–water partition coefficient (Wildman–Crippen LogP) is 1.02. The normalized spacial score (nSPS) is 30.7. The maximum absolute atomic E-state index is 5.82. The lowest BCUT2D eigenvalue weighted by molar-refractivity contribution is 0.0927. The maximum atomic E-state index is 5.82. The van der Waals surface area contributed by atoms with Gasteiger partial charge in [0.1, 0.15) is 0 Å². The minimum absolute atomic E-state index is 0.221. The van der Waals surface area contributed by atoms with Crippen LogP contribution in [-0.4, -0.2) is 33.5 Å². The molecule has 3 nitrogen and oxygen atoms in total. The largest absolute Gasteiger partial charge is 0.385 e. The summed E-state index contributed by atoms with van der Waals surface area (Å²) >= 11 is 0. The van der Waals surface area contributed by atoms with Crippen LogP contribution in [0.1, 0.15) is 19.8 Å². The third kappa shape index (κ3) is 2.42. The maximum Gasteiger partial charge on any atom is 0.0537 e. The van der Waals surface area contributed by atoms with Gasteiger partial charge < -0.3 is 15.2 Å². The van der Waals surface area contributed by atoms with Crippen LogP contribution in [0.4, 0.5) is 0 Å². The first-order valence-corrected chi connectivity index (χ1v) is 5.02. The van der Waals surface area contributed by atoms with Gasteiger partial charge in [-0.25, -0.2) is 0 Å². The topological polar surface area (TPSA) is 44.5 Å². The van der Waals surface area contributed by atoms with Gasteiger partial charge >= 0.3 is 0 Å². The number of rotatable bonds is 5. The van der Waals surface area contributed by atoms with E-state index in [4.69, 9.17) is 15.2 Å². The summed E-state index contributed by atoms with van der Waals surface area (Å²) in [6, 6.07) is 0. The van der Waals surface area contributed by atoms with Gasteiger partial charge in [0.2, 0.25) is 0 Å². The van der Waals surface area contributed by atoms with E-state index in [1.807, 2.05) is 0 Å². The summed E-state index contributed by atoms with van der Waals surface area (Å²) in [7, 11) is 1.74. The van der Waals surface area contributed by atoms with Crippen LogP contribution in [0.15, 0.2) is 0 Å². The molecule has 78 valence electrons. The number of methoxy groups -OCH3 is 1. The summed E-state index contributed by atoms with van der Waals surface area (Å²) in [6.45, 7) is 5.50. The molecule has 2 N–H and O–H groups in total. The van der Waals surface area contributed by atoms with Crippen molar-refractivity contribution in [2.24, 2.45) is 17.1 Å². The quantitative estimate of drug-likeness (QED) is 0.699. The molecule has 1 aliphatic heterocycles. The Hall–Kier alpha value is -0.120. The van der Waals surface area contributed by atoms with Crippen LogP contribution >= 0.6 is 0 Å². The Labute approximate surface area is 80.6 Å². The second kappa shape index (κ2) is 4.94. The van der Waals surface area contributed by atoms with Crippen LogP contribution in [0.3, 0.4) is 0 Å². The molecule has 2 unspecified atom stereocenters. The molecular formula is C10H21NO2. The van der Waals surface area contributed by atoms with E-state index in [9.17, 15) is 0 Å². The van der Waals surface area contributed by atoms with Gasteiger partial charge in [0.05, 0.1) is 6.61 Å². The van der Waals surface area contributed by atoms with Crippen molar-refractivity contribution >= 4 is 0 Å². The minimum Gasteiger partial charge on any atom is -0.385 e. The Bertz CT molecular complexity index is 144. The average Bonchev–Trinajstić information content (AvgIpc) is 2.63. The van der Waals surface area contributed by atoms with Gasteiger partial charge in [0.25, 0.3) is 0 Å². The summed E-state index contributed by atoms with van der Waals surface area (Å²) in [5.41, 5.74) is 6.04. The number of ether oxygens (including phenoxy) is 2. The summed E-state index contributed by atoms with van der Waals surface area (Å²) in [5.74, 6) is 0.597. The van der Waals surface area contributed by atoms with E-state index >= 15 is 0 Å². The highest BCUT2D eigenvalue weighted by Crippen LogP contribution is 2.37. The lowest BCUT2D eigenvalue weighted by Crippen LogP contribution is -2.37. The van der Waals surface area contributed by atoms with Crippen molar-refractivity contribution in [3.63, 3.8) is 0 Å². The third-order valence-corrected chi connectivity index (χ3v) is 3.34. The summed E-state index contributed by atoms with van der Waals surface area (Å²) in [6.07, 6.45) is 2.19. The molecule has 2 atom stereocenters. The van der Waals surface area contributed by atoms with Gasteiger partial charge in [-0.2, -0.15) is 0 Å². The predicted molar refractivity (Wildman–Crippen MR) is 52.6 cm³/mol. The second-order valence-electron chi connectivity index (χ2n) is 4.05. The molecule has 13 heavy (non-hydrogen) atoms. The lowest BCUT2D eigenvalue weighted by atomic mass is 9.74. The van der Waals surface area contributed by atoms with Crippen molar-refractivity contribution in [2.75, 3.05) is 33.5 Å². The van der Waals surface area contributed by atoms with Crippen LogP contribution in [0.5, 0.6) is 0 Å². The molecule has 0 aromatic rings. The number of hydrogen-bond donors (Lipinski definition) is 1. The van der Waals surface area contributed by atoms with Crippen LogP contribution in [0.25, 0.3) is 0 Å². The molecule has 0 amide bonds. The molecule has 1 aliphatic rings. The van der Waals surface area contributed by atoms with E-state index in [0.29, 0.717) is 5.92 Å². The van der Waals surface area contributed by atoms with E-state index in [0.717, 1.165) is 39.2 Å². The fourth-order valence-electron chi connectivity index (χ4n) is 1.97. The van der Waals surface area contributed by atoms with Crippen molar-refractivity contribution in [1.29, 1.82) is 0 Å². The highest BCUT2D eigenvalue weighted by Gasteiger charge is 2.38. The Kier molecular flexibility index (Phi) is 4.16. The Morgan fingerprint density at radius 1 is 1.62 bits per heavy atom. The Morgan fingerprint density at radius 2 is 2.38 bits per heavy atom. The summed E-state index contributed by atoms with van der Waals surface area (Å²) < 4.78 is 10.5. The summed E-state index contributed by atoms with van der Waals surface area (Å²) in [5, 5.41) is 0. The van der Waals surface area contributed by atoms with Gasteiger partial charge in [0, 0.05) is 32.3 Å². The smallest absolute Gasteiger partial charge is 0.0537 e. The molecule has 0 bridgehead atoms. The van der Waals surface area contributed by atoms with Crippen molar-refractivity contribution in [1.82, 2.24) is 0 Å². The fourth-order valence-corrected chi connectivity index (χ4v) is 1.97. The first-order chi connectivity index (χ1) is 6.25. The second-order valence-corrected chi connectivity index (χ2v) is 4.05. The Morgan fingerprint density at radius 3 is 2.85 bits per heavy atom. The Balaban J connectivity index is 2.44. The zero-order valence-corrected chi connectivity index (χ0v) is 8.71. The van der Waals surface area contributed by atoms with E-state index in [1.165, 1.54) is 0 Å². The van der Waals surface area contributed by atoms with Crippen LogP contribution in [-0.2, 0) is 9.47 Å². The van der Waals surface area contributed by atoms with Crippen LogP contribution < -0.4 is 5.73 Å². The molecule has 1 rings (SSSR count). The molecule has 0 aliphatic carbocycles. The van der Waals surface area contributed by atoms with Crippen molar-refractivity contribution in [3.05, 3.63) is 0 Å². The first kappa shape index (κ1) is 11.0. The highest BCUT2D eigenvalue weighted by molar-refractivity contribution is 4.88. The third-order valence-electron chi connectivity index (χ3n) is 3.34. The fraction of sp³-hybridized carbons (Fsp3) is 1.00. The number of hydrogen-bond acceptors (Lipinski definition) is 3. The van der Waals surface area contributed by atoms with Crippen molar-refractivity contribution in [2.45, 2.75) is 19.8 Å². The van der Waals surface area contributed by atoms with Gasteiger partial charge in [-0.1, -0.05) is 6.92 Å². The minimum atomic E-state index is 0.221. The van der Waals surface area contributed by atoms with E-state index in [-0.39, 0.29) is 5.41 Å². The van der Waals surface area contributed by atoms with E-state index < -0.39 is 0 Å².